The summed E-state index contributed by atoms with van der Waals surface area (Å²) >= 11 is 3.54. The third kappa shape index (κ3) is 5.60. The molecule has 2 heterocycles. The Morgan fingerprint density at radius 2 is 2.00 bits per heavy atom. The van der Waals surface area contributed by atoms with E-state index in [1.807, 2.05) is 47.0 Å². The number of imidazole rings is 1. The summed E-state index contributed by atoms with van der Waals surface area (Å²) in [6.45, 7) is 8.46. The minimum absolute atomic E-state index is 0.142. The lowest BCUT2D eigenvalue weighted by Crippen LogP contribution is -2.27. The number of carbonyl (C=O) groups excluding carboxylic acids is 1. The Morgan fingerprint density at radius 1 is 1.21 bits per heavy atom. The lowest BCUT2D eigenvalue weighted by molar-refractivity contribution is -0.134. The summed E-state index contributed by atoms with van der Waals surface area (Å²) in [5.74, 6) is 1.26. The fraction of sp³-hybridized carbons (Fsp3) is 0.391. The molecule has 1 N–H and O–H groups in total. The van der Waals surface area contributed by atoms with Crippen LogP contribution in [0.1, 0.15) is 53.4 Å². The topological polar surface area (TPSA) is 55.6 Å². The maximum atomic E-state index is 12.1. The molecule has 6 heteroatoms. The van der Waals surface area contributed by atoms with Gasteiger partial charge in [0.1, 0.15) is 22.9 Å². The fourth-order valence-electron chi connectivity index (χ4n) is 3.10. The van der Waals surface area contributed by atoms with Crippen LogP contribution >= 0.6 is 15.9 Å². The molecule has 0 saturated heterocycles. The van der Waals surface area contributed by atoms with Gasteiger partial charge in [-0.1, -0.05) is 31.9 Å². The maximum Gasteiger partial charge on any atom is 0.311 e. The number of benzene rings is 1. The van der Waals surface area contributed by atoms with Gasteiger partial charge < -0.3 is 10.1 Å². The van der Waals surface area contributed by atoms with Gasteiger partial charge >= 0.3 is 5.97 Å². The number of hydrogen-bond acceptors (Lipinski definition) is 4. The fourth-order valence-corrected chi connectivity index (χ4v) is 3.44. The lowest BCUT2D eigenvalue weighted by atomic mass is 10.1. The zero-order valence-corrected chi connectivity index (χ0v) is 19.0. The van der Waals surface area contributed by atoms with Crippen LogP contribution in [0, 0.1) is 0 Å². The van der Waals surface area contributed by atoms with Gasteiger partial charge in [-0.15, -0.1) is 0 Å². The standard InChI is InChI=1S/C23H28BrN3O2/c1-5-6-7-11-20(28)29-18-10-8-9-16(14-18)21-22(26-23(2,3)4)27-15-17(24)12-13-19(27)25-21/h8-10,12-15,26H,5-7,11H2,1-4H3. The predicted molar refractivity (Wildman–Crippen MR) is 121 cm³/mol. The van der Waals surface area contributed by atoms with Gasteiger partial charge in [-0.2, -0.15) is 0 Å². The molecule has 0 bridgehead atoms. The van der Waals surface area contributed by atoms with Gasteiger partial charge in [0.25, 0.3) is 0 Å². The van der Waals surface area contributed by atoms with Gasteiger partial charge in [-0.3, -0.25) is 9.20 Å². The normalized spacial score (nSPS) is 11.6. The summed E-state index contributed by atoms with van der Waals surface area (Å²) in [6, 6.07) is 11.5. The minimum atomic E-state index is -0.192. The van der Waals surface area contributed by atoms with E-state index in [1.165, 1.54) is 0 Å². The quantitative estimate of drug-likeness (QED) is 0.251. The van der Waals surface area contributed by atoms with Gasteiger partial charge in [0.05, 0.1) is 0 Å². The molecule has 0 fully saturated rings. The molecule has 0 saturated carbocycles. The van der Waals surface area contributed by atoms with E-state index in [2.05, 4.69) is 48.9 Å². The summed E-state index contributed by atoms with van der Waals surface area (Å²) < 4.78 is 8.56. The van der Waals surface area contributed by atoms with Crippen LogP contribution in [0.15, 0.2) is 47.1 Å². The van der Waals surface area contributed by atoms with Gasteiger partial charge in [0.2, 0.25) is 0 Å². The molecule has 0 radical (unpaired) electrons. The first-order valence-electron chi connectivity index (χ1n) is 10.0. The number of pyridine rings is 1. The van der Waals surface area contributed by atoms with Crippen LogP contribution in [0.25, 0.3) is 16.9 Å². The van der Waals surface area contributed by atoms with Crippen molar-refractivity contribution in [3.8, 4) is 17.0 Å². The largest absolute Gasteiger partial charge is 0.427 e. The SMILES string of the molecule is CCCCCC(=O)Oc1cccc(-c2nc3ccc(Br)cn3c2NC(C)(C)C)c1. The van der Waals surface area contributed by atoms with Crippen LogP contribution in [0.3, 0.4) is 0 Å². The number of nitrogens with zero attached hydrogens (tertiary/aromatic N) is 2. The Morgan fingerprint density at radius 3 is 2.72 bits per heavy atom. The van der Waals surface area contributed by atoms with E-state index in [1.54, 1.807) is 0 Å². The van der Waals surface area contributed by atoms with Gasteiger partial charge in [0.15, 0.2) is 0 Å². The molecule has 0 spiro atoms. The molecule has 0 aliphatic rings. The molecule has 0 unspecified atom stereocenters. The Bertz CT molecular complexity index is 1010. The van der Waals surface area contributed by atoms with Crippen LogP contribution < -0.4 is 10.1 Å². The summed E-state index contributed by atoms with van der Waals surface area (Å²) in [5.41, 5.74) is 2.42. The van der Waals surface area contributed by atoms with Crippen molar-refractivity contribution in [2.24, 2.45) is 0 Å². The van der Waals surface area contributed by atoms with E-state index in [4.69, 9.17) is 9.72 Å². The number of anilines is 1. The summed E-state index contributed by atoms with van der Waals surface area (Å²) in [7, 11) is 0. The highest BCUT2D eigenvalue weighted by atomic mass is 79.9. The lowest BCUT2D eigenvalue weighted by Gasteiger charge is -2.22. The third-order valence-electron chi connectivity index (χ3n) is 4.40. The van der Waals surface area contributed by atoms with Crippen molar-refractivity contribution >= 4 is 33.4 Å². The number of esters is 1. The van der Waals surface area contributed by atoms with E-state index in [-0.39, 0.29) is 11.5 Å². The number of ether oxygens (including phenoxy) is 1. The van der Waals surface area contributed by atoms with Crippen LogP contribution in [-0.4, -0.2) is 20.9 Å². The minimum Gasteiger partial charge on any atom is -0.427 e. The van der Waals surface area contributed by atoms with Crippen LogP contribution in [0.4, 0.5) is 5.82 Å². The number of hydrogen-bond donors (Lipinski definition) is 1. The maximum absolute atomic E-state index is 12.1. The van der Waals surface area contributed by atoms with Crippen LogP contribution in [0.5, 0.6) is 5.75 Å². The molecule has 5 nitrogen and oxygen atoms in total. The number of unbranched alkanes of at least 4 members (excludes halogenated alkanes) is 2. The second kappa shape index (κ2) is 8.99. The van der Waals surface area contributed by atoms with Gasteiger partial charge in [0, 0.05) is 28.2 Å². The number of nitrogens with one attached hydrogen (secondary N) is 1. The molecule has 1 aromatic carbocycles. The van der Waals surface area contributed by atoms with E-state index < -0.39 is 0 Å². The molecular formula is C23H28BrN3O2. The van der Waals surface area contributed by atoms with Crippen molar-refractivity contribution in [1.82, 2.24) is 9.38 Å². The Balaban J connectivity index is 1.95. The smallest absolute Gasteiger partial charge is 0.311 e. The molecule has 0 aliphatic heterocycles. The zero-order chi connectivity index (χ0) is 21.0. The predicted octanol–water partition coefficient (Wildman–Crippen LogP) is 6.46. The van der Waals surface area contributed by atoms with E-state index in [0.717, 1.165) is 46.5 Å². The first-order valence-corrected chi connectivity index (χ1v) is 10.8. The van der Waals surface area contributed by atoms with Crippen LogP contribution in [-0.2, 0) is 4.79 Å². The third-order valence-corrected chi connectivity index (χ3v) is 4.87. The summed E-state index contributed by atoms with van der Waals surface area (Å²) in [4.78, 5) is 16.9. The van der Waals surface area contributed by atoms with Crippen molar-refractivity contribution in [2.75, 3.05) is 5.32 Å². The molecule has 29 heavy (non-hydrogen) atoms. The average molecular weight is 458 g/mol. The highest BCUT2D eigenvalue weighted by Gasteiger charge is 2.20. The number of fused-ring (bicyclic) bond motifs is 1. The average Bonchev–Trinajstić information content (AvgIpc) is 2.98. The Hall–Kier alpha value is -2.34. The van der Waals surface area contributed by atoms with Crippen LogP contribution in [0.2, 0.25) is 0 Å². The highest BCUT2D eigenvalue weighted by molar-refractivity contribution is 9.10. The zero-order valence-electron chi connectivity index (χ0n) is 17.5. The van der Waals surface area contributed by atoms with Gasteiger partial charge in [-0.05, 0) is 67.4 Å². The molecule has 0 amide bonds. The number of rotatable bonds is 7. The molecule has 3 aromatic rings. The Kier molecular flexibility index (Phi) is 6.63. The van der Waals surface area contributed by atoms with Crippen molar-refractivity contribution < 1.29 is 9.53 Å². The monoisotopic (exact) mass is 457 g/mol. The molecule has 2 aromatic heterocycles. The van der Waals surface area contributed by atoms with Gasteiger partial charge in [-0.25, -0.2) is 4.98 Å². The number of carbonyl (C=O) groups is 1. The van der Waals surface area contributed by atoms with E-state index in [0.29, 0.717) is 12.2 Å². The second-order valence-corrected chi connectivity index (χ2v) is 9.13. The van der Waals surface area contributed by atoms with Crippen molar-refractivity contribution in [2.45, 2.75) is 58.9 Å². The molecule has 3 rings (SSSR count). The molecule has 0 atom stereocenters. The van der Waals surface area contributed by atoms with Crippen molar-refractivity contribution in [3.63, 3.8) is 0 Å². The molecule has 0 aliphatic carbocycles. The number of halogens is 1. The van der Waals surface area contributed by atoms with E-state index in [9.17, 15) is 4.79 Å². The Labute approximate surface area is 180 Å². The first-order chi connectivity index (χ1) is 13.8. The van der Waals surface area contributed by atoms with E-state index >= 15 is 0 Å². The van der Waals surface area contributed by atoms with Crippen molar-refractivity contribution in [3.05, 3.63) is 47.1 Å². The van der Waals surface area contributed by atoms with Crippen molar-refractivity contribution in [1.29, 1.82) is 0 Å². The molecular weight excluding hydrogens is 430 g/mol. The highest BCUT2D eigenvalue weighted by Crippen LogP contribution is 2.33. The second-order valence-electron chi connectivity index (χ2n) is 8.22. The number of aromatic nitrogens is 2. The first kappa shape index (κ1) is 21.4. The molecule has 154 valence electrons. The summed E-state index contributed by atoms with van der Waals surface area (Å²) in [6.07, 6.45) is 5.41. The summed E-state index contributed by atoms with van der Waals surface area (Å²) in [5, 5.41) is 3.56.